The molecule has 0 aliphatic carbocycles. The van der Waals surface area contributed by atoms with Gasteiger partial charge in [-0.3, -0.25) is 4.79 Å². The predicted molar refractivity (Wildman–Crippen MR) is 90.9 cm³/mol. The second-order valence-electron chi connectivity index (χ2n) is 5.39. The number of unbranched alkanes of at least 4 members (excludes halogenated alkanes) is 1. The minimum atomic E-state index is -0.0803. The Labute approximate surface area is 136 Å². The van der Waals surface area contributed by atoms with E-state index >= 15 is 0 Å². The number of benzene rings is 1. The molecule has 4 nitrogen and oxygen atoms in total. The van der Waals surface area contributed by atoms with Crippen molar-refractivity contribution in [1.29, 1.82) is 0 Å². The van der Waals surface area contributed by atoms with Crippen LogP contribution in [0.15, 0.2) is 24.3 Å². The summed E-state index contributed by atoms with van der Waals surface area (Å²) < 4.78 is 1.50. The third-order valence-corrected chi connectivity index (χ3v) is 4.09. The van der Waals surface area contributed by atoms with Crippen LogP contribution >= 0.6 is 11.6 Å². The Morgan fingerprint density at radius 1 is 1.32 bits per heavy atom. The van der Waals surface area contributed by atoms with Crippen LogP contribution in [0.4, 0.5) is 5.69 Å². The normalized spacial score (nSPS) is 10.7. The number of anilines is 1. The average molecular weight is 320 g/mol. The molecule has 2 rings (SSSR count). The molecular formula is C17H22ClN3O. The van der Waals surface area contributed by atoms with E-state index in [1.807, 2.05) is 32.0 Å². The smallest absolute Gasteiger partial charge is 0.266 e. The number of para-hydroxylation sites is 1. The van der Waals surface area contributed by atoms with Crippen LogP contribution in [0.3, 0.4) is 0 Å². The zero-order valence-electron chi connectivity index (χ0n) is 13.3. The molecule has 0 spiro atoms. The van der Waals surface area contributed by atoms with E-state index in [1.54, 1.807) is 6.07 Å². The van der Waals surface area contributed by atoms with Crippen LogP contribution in [0.2, 0.25) is 5.02 Å². The van der Waals surface area contributed by atoms with Gasteiger partial charge in [0, 0.05) is 5.69 Å². The summed E-state index contributed by atoms with van der Waals surface area (Å²) in [7, 11) is 0. The molecule has 0 saturated carbocycles. The Bertz CT molecular complexity index is 664. The van der Waals surface area contributed by atoms with Gasteiger partial charge in [0.25, 0.3) is 5.91 Å². The molecule has 2 aromatic rings. The molecular weight excluding hydrogens is 298 g/mol. The van der Waals surface area contributed by atoms with E-state index in [9.17, 15) is 4.79 Å². The van der Waals surface area contributed by atoms with Crippen molar-refractivity contribution in [3.63, 3.8) is 0 Å². The number of halogens is 1. The molecule has 0 bridgehead atoms. The van der Waals surface area contributed by atoms with Crippen molar-refractivity contribution in [2.24, 2.45) is 0 Å². The highest BCUT2D eigenvalue weighted by atomic mass is 35.5. The summed E-state index contributed by atoms with van der Waals surface area (Å²) >= 11 is 6.08. The molecule has 5 heteroatoms. The molecule has 0 unspecified atom stereocenters. The summed E-state index contributed by atoms with van der Waals surface area (Å²) in [5, 5.41) is 8.06. The first-order chi connectivity index (χ1) is 10.5. The Morgan fingerprint density at radius 3 is 2.73 bits per heavy atom. The Morgan fingerprint density at radius 2 is 2.05 bits per heavy atom. The number of aryl methyl sites for hydroxylation is 1. The number of nitrogens with zero attached hydrogens (tertiary/aromatic N) is 2. The molecule has 1 aromatic carbocycles. The predicted octanol–water partition coefficient (Wildman–Crippen LogP) is 4.25. The SMILES string of the molecule is CCCCc1c(C)nn(C(=O)CNc2ccccc2Cl)c1C. The van der Waals surface area contributed by atoms with Crippen molar-refractivity contribution in [1.82, 2.24) is 9.78 Å². The minimum absolute atomic E-state index is 0.0803. The van der Waals surface area contributed by atoms with Crippen LogP contribution in [0, 0.1) is 13.8 Å². The Kier molecular flexibility index (Phi) is 5.61. The number of aromatic nitrogens is 2. The molecule has 0 atom stereocenters. The van der Waals surface area contributed by atoms with Gasteiger partial charge in [0.1, 0.15) is 0 Å². The lowest BCUT2D eigenvalue weighted by Gasteiger charge is -2.08. The Balaban J connectivity index is 2.08. The largest absolute Gasteiger partial charge is 0.375 e. The molecule has 0 aliphatic heterocycles. The van der Waals surface area contributed by atoms with Crippen molar-refractivity contribution in [3.8, 4) is 0 Å². The van der Waals surface area contributed by atoms with E-state index in [-0.39, 0.29) is 12.5 Å². The summed E-state index contributed by atoms with van der Waals surface area (Å²) in [6.45, 7) is 6.24. The van der Waals surface area contributed by atoms with E-state index in [4.69, 9.17) is 11.6 Å². The first kappa shape index (κ1) is 16.6. The molecule has 0 saturated heterocycles. The van der Waals surface area contributed by atoms with Gasteiger partial charge < -0.3 is 5.32 Å². The van der Waals surface area contributed by atoms with Gasteiger partial charge in [-0.2, -0.15) is 5.10 Å². The van der Waals surface area contributed by atoms with Crippen LogP contribution in [-0.4, -0.2) is 22.2 Å². The second kappa shape index (κ2) is 7.45. The van der Waals surface area contributed by atoms with Gasteiger partial charge in [0.2, 0.25) is 0 Å². The fraction of sp³-hybridized carbons (Fsp3) is 0.412. The van der Waals surface area contributed by atoms with E-state index < -0.39 is 0 Å². The van der Waals surface area contributed by atoms with Crippen molar-refractivity contribution in [3.05, 3.63) is 46.2 Å². The monoisotopic (exact) mass is 319 g/mol. The summed E-state index contributed by atoms with van der Waals surface area (Å²) in [6.07, 6.45) is 3.21. The summed E-state index contributed by atoms with van der Waals surface area (Å²) in [5.74, 6) is -0.0803. The lowest BCUT2D eigenvalue weighted by atomic mass is 10.1. The molecule has 0 fully saturated rings. The van der Waals surface area contributed by atoms with Crippen molar-refractivity contribution < 1.29 is 4.79 Å². The van der Waals surface area contributed by atoms with Gasteiger partial charge in [0.15, 0.2) is 0 Å². The third-order valence-electron chi connectivity index (χ3n) is 3.76. The number of nitrogens with one attached hydrogen (secondary N) is 1. The summed E-state index contributed by atoms with van der Waals surface area (Å²) in [4.78, 5) is 12.4. The van der Waals surface area contributed by atoms with E-state index in [2.05, 4.69) is 17.3 Å². The van der Waals surface area contributed by atoms with E-state index in [0.29, 0.717) is 5.02 Å². The van der Waals surface area contributed by atoms with E-state index in [0.717, 1.165) is 36.3 Å². The van der Waals surface area contributed by atoms with Gasteiger partial charge in [-0.25, -0.2) is 4.68 Å². The lowest BCUT2D eigenvalue weighted by molar-refractivity contribution is 0.0910. The number of hydrogen-bond acceptors (Lipinski definition) is 3. The highest BCUT2D eigenvalue weighted by Crippen LogP contribution is 2.20. The zero-order valence-corrected chi connectivity index (χ0v) is 14.1. The molecule has 1 aromatic heterocycles. The van der Waals surface area contributed by atoms with Crippen molar-refractivity contribution in [2.75, 3.05) is 11.9 Å². The molecule has 0 amide bonds. The summed E-state index contributed by atoms with van der Waals surface area (Å²) in [5.41, 5.74) is 3.83. The van der Waals surface area contributed by atoms with Crippen LogP contribution < -0.4 is 5.32 Å². The molecule has 118 valence electrons. The molecule has 1 N–H and O–H groups in total. The van der Waals surface area contributed by atoms with Crippen LogP contribution in [0.1, 0.15) is 41.5 Å². The van der Waals surface area contributed by atoms with Gasteiger partial charge in [0.05, 0.1) is 22.9 Å². The second-order valence-corrected chi connectivity index (χ2v) is 5.80. The quantitative estimate of drug-likeness (QED) is 0.866. The van der Waals surface area contributed by atoms with Gasteiger partial charge in [-0.15, -0.1) is 0 Å². The number of rotatable bonds is 6. The summed E-state index contributed by atoms with van der Waals surface area (Å²) in [6, 6.07) is 7.38. The first-order valence-electron chi connectivity index (χ1n) is 7.61. The molecule has 0 radical (unpaired) electrons. The fourth-order valence-corrected chi connectivity index (χ4v) is 2.69. The minimum Gasteiger partial charge on any atom is -0.375 e. The number of hydrogen-bond donors (Lipinski definition) is 1. The Hall–Kier alpha value is -1.81. The highest BCUT2D eigenvalue weighted by Gasteiger charge is 2.16. The topological polar surface area (TPSA) is 46.9 Å². The first-order valence-corrected chi connectivity index (χ1v) is 7.99. The molecule has 1 heterocycles. The number of carbonyl (C=O) groups is 1. The number of carbonyl (C=O) groups excluding carboxylic acids is 1. The van der Waals surface area contributed by atoms with Crippen molar-refractivity contribution in [2.45, 2.75) is 40.0 Å². The van der Waals surface area contributed by atoms with Crippen LogP contribution in [0.5, 0.6) is 0 Å². The standard InChI is InChI=1S/C17H22ClN3O/c1-4-5-8-14-12(2)20-21(13(14)3)17(22)11-19-16-10-7-6-9-15(16)18/h6-7,9-10,19H,4-5,8,11H2,1-3H3. The van der Waals surface area contributed by atoms with Gasteiger partial charge in [-0.1, -0.05) is 37.1 Å². The lowest BCUT2D eigenvalue weighted by Crippen LogP contribution is -2.23. The zero-order chi connectivity index (χ0) is 16.1. The van der Waals surface area contributed by atoms with Gasteiger partial charge in [-0.05, 0) is 44.4 Å². The van der Waals surface area contributed by atoms with Crippen molar-refractivity contribution >= 4 is 23.2 Å². The molecule has 0 aliphatic rings. The third kappa shape index (κ3) is 3.69. The van der Waals surface area contributed by atoms with E-state index in [1.165, 1.54) is 10.2 Å². The molecule has 22 heavy (non-hydrogen) atoms. The fourth-order valence-electron chi connectivity index (χ4n) is 2.48. The van der Waals surface area contributed by atoms with Crippen LogP contribution in [0.25, 0.3) is 0 Å². The van der Waals surface area contributed by atoms with Gasteiger partial charge >= 0.3 is 0 Å². The van der Waals surface area contributed by atoms with Crippen LogP contribution in [-0.2, 0) is 6.42 Å². The maximum Gasteiger partial charge on any atom is 0.266 e. The maximum absolute atomic E-state index is 12.4. The highest BCUT2D eigenvalue weighted by molar-refractivity contribution is 6.33. The maximum atomic E-state index is 12.4. The average Bonchev–Trinajstić information content (AvgIpc) is 2.79.